The van der Waals surface area contributed by atoms with Crippen molar-refractivity contribution in [2.24, 2.45) is 5.92 Å². The fraction of sp³-hybridized carbons (Fsp3) is 0.857. The second-order valence-corrected chi connectivity index (χ2v) is 2.59. The van der Waals surface area contributed by atoms with Crippen molar-refractivity contribution in [3.8, 4) is 0 Å². The van der Waals surface area contributed by atoms with Crippen LogP contribution in [0.1, 0.15) is 26.7 Å². The molecule has 10 heavy (non-hydrogen) atoms. The summed E-state index contributed by atoms with van der Waals surface area (Å²) >= 11 is 0. The van der Waals surface area contributed by atoms with Gasteiger partial charge in [0.05, 0.1) is 0 Å². The zero-order valence-electron chi connectivity index (χ0n) is 7.20. The molecule has 0 fully saturated rings. The van der Waals surface area contributed by atoms with Gasteiger partial charge in [-0.25, -0.2) is 0 Å². The Morgan fingerprint density at radius 1 is 1.50 bits per heavy atom. The summed E-state index contributed by atoms with van der Waals surface area (Å²) in [7, 11) is 0. The molecule has 0 heterocycles. The van der Waals surface area contributed by atoms with Crippen LogP contribution in [-0.4, -0.2) is 12.9 Å². The van der Waals surface area contributed by atoms with Gasteiger partial charge in [0.15, 0.2) is 0 Å². The van der Waals surface area contributed by atoms with Crippen molar-refractivity contribution in [1.29, 1.82) is 5.41 Å². The van der Waals surface area contributed by atoms with E-state index in [4.69, 9.17) is 5.41 Å². The molecule has 0 saturated carbocycles. The predicted molar refractivity (Wildman–Crippen MR) is 39.8 cm³/mol. The third-order valence-electron chi connectivity index (χ3n) is 1.17. The summed E-state index contributed by atoms with van der Waals surface area (Å²) in [5.41, 5.74) is 0. The van der Waals surface area contributed by atoms with Gasteiger partial charge in [-0.3, -0.25) is 0 Å². The second-order valence-electron chi connectivity index (χ2n) is 2.59. The average Bonchev–Trinajstić information content (AvgIpc) is 1.80. The molecule has 0 aliphatic rings. The first-order valence-corrected chi connectivity index (χ1v) is 3.42. The van der Waals surface area contributed by atoms with E-state index >= 15 is 0 Å². The minimum Gasteiger partial charge on any atom is -0.551 e. The number of nitrogens with one attached hydrogen (secondary N) is 2. The molecule has 0 unspecified atom stereocenters. The summed E-state index contributed by atoms with van der Waals surface area (Å²) in [6.07, 6.45) is 4.51. The Morgan fingerprint density at radius 2 is 2.10 bits per heavy atom. The van der Waals surface area contributed by atoms with E-state index in [2.05, 4.69) is 25.5 Å². The Morgan fingerprint density at radius 3 is 2.50 bits per heavy atom. The third-order valence-corrected chi connectivity index (χ3v) is 1.17. The third kappa shape index (κ3) is 11.8. The van der Waals surface area contributed by atoms with Gasteiger partial charge in [0.25, 0.3) is 0 Å². The van der Waals surface area contributed by atoms with E-state index in [0.29, 0.717) is 0 Å². The molecule has 0 aromatic carbocycles. The van der Waals surface area contributed by atoms with E-state index in [-0.39, 0.29) is 51.4 Å². The van der Waals surface area contributed by atoms with E-state index in [9.17, 15) is 0 Å². The topological polar surface area (TPSA) is 35.9 Å². The van der Waals surface area contributed by atoms with Crippen LogP contribution in [0.4, 0.5) is 0 Å². The Balaban J connectivity index is 0. The van der Waals surface area contributed by atoms with Gasteiger partial charge in [0.1, 0.15) is 0 Å². The molecule has 54 valence electrons. The van der Waals surface area contributed by atoms with E-state index < -0.39 is 0 Å². The molecule has 0 radical (unpaired) electrons. The summed E-state index contributed by atoms with van der Waals surface area (Å²) in [4.78, 5) is 0. The van der Waals surface area contributed by atoms with Crippen LogP contribution in [0.15, 0.2) is 0 Å². The fourth-order valence-electron chi connectivity index (χ4n) is 0.661. The molecule has 0 aliphatic heterocycles. The average molecular weight is 166 g/mol. The molecule has 0 rings (SSSR count). The van der Waals surface area contributed by atoms with Crippen LogP contribution in [-0.2, 0) is 0 Å². The molecular formula is C7H15KN2. The van der Waals surface area contributed by atoms with Gasteiger partial charge in [-0.1, -0.05) is 13.8 Å². The fourth-order valence-corrected chi connectivity index (χ4v) is 0.661. The number of hydrogen-bond acceptors (Lipinski definition) is 1. The van der Waals surface area contributed by atoms with Crippen LogP contribution < -0.4 is 56.7 Å². The molecule has 0 spiro atoms. The number of hydrogen-bond donors (Lipinski definition) is 2. The van der Waals surface area contributed by atoms with Gasteiger partial charge in [0.2, 0.25) is 0 Å². The van der Waals surface area contributed by atoms with Crippen molar-refractivity contribution in [3.05, 3.63) is 0 Å². The van der Waals surface area contributed by atoms with Crippen molar-refractivity contribution in [3.63, 3.8) is 0 Å². The standard InChI is InChI=1S/C7H15N2.K/c1-7(2)4-3-5-9-6-8;/h7H,3-5H2,1-2H3,(H2,8,9);/q-1;+1. The molecule has 2 nitrogen and oxygen atoms in total. The van der Waals surface area contributed by atoms with Gasteiger partial charge >= 0.3 is 51.4 Å². The minimum atomic E-state index is 0. The maximum atomic E-state index is 6.53. The summed E-state index contributed by atoms with van der Waals surface area (Å²) in [6, 6.07) is 0. The summed E-state index contributed by atoms with van der Waals surface area (Å²) in [6.45, 7) is 5.30. The normalized spacial score (nSPS) is 8.70. The summed E-state index contributed by atoms with van der Waals surface area (Å²) in [5, 5.41) is 9.25. The summed E-state index contributed by atoms with van der Waals surface area (Å²) < 4.78 is 0. The van der Waals surface area contributed by atoms with Crippen LogP contribution in [0.25, 0.3) is 0 Å². The van der Waals surface area contributed by atoms with Crippen molar-refractivity contribution in [2.45, 2.75) is 26.7 Å². The molecule has 0 saturated heterocycles. The molecule has 3 heteroatoms. The van der Waals surface area contributed by atoms with Gasteiger partial charge in [-0.05, 0) is 25.3 Å². The maximum Gasteiger partial charge on any atom is 1.00 e. The molecule has 0 aliphatic carbocycles. The molecular weight excluding hydrogens is 151 g/mol. The maximum absolute atomic E-state index is 6.53. The van der Waals surface area contributed by atoms with Gasteiger partial charge in [-0.2, -0.15) is 0 Å². The van der Waals surface area contributed by atoms with Crippen LogP contribution >= 0.6 is 0 Å². The van der Waals surface area contributed by atoms with Crippen molar-refractivity contribution >= 4 is 6.34 Å². The Labute approximate surface area is 106 Å². The van der Waals surface area contributed by atoms with E-state index in [1.165, 1.54) is 6.42 Å². The largest absolute Gasteiger partial charge is 1.00 e. The molecule has 0 aromatic rings. The SMILES string of the molecule is CC(C)CCCN[C-]=N.[K+]. The monoisotopic (exact) mass is 166 g/mol. The van der Waals surface area contributed by atoms with E-state index in [1.54, 1.807) is 0 Å². The van der Waals surface area contributed by atoms with Gasteiger partial charge in [0, 0.05) is 0 Å². The first kappa shape index (κ1) is 13.7. The van der Waals surface area contributed by atoms with Gasteiger partial charge < -0.3 is 17.1 Å². The van der Waals surface area contributed by atoms with Crippen LogP contribution in [0, 0.1) is 11.3 Å². The quantitative estimate of drug-likeness (QED) is 0.128. The first-order valence-electron chi connectivity index (χ1n) is 3.42. The van der Waals surface area contributed by atoms with Crippen molar-refractivity contribution in [1.82, 2.24) is 5.32 Å². The molecule has 0 aromatic heterocycles. The first-order chi connectivity index (χ1) is 4.27. The summed E-state index contributed by atoms with van der Waals surface area (Å²) in [5.74, 6) is 0.775. The Kier molecular flexibility index (Phi) is 13.8. The zero-order chi connectivity index (χ0) is 7.11. The van der Waals surface area contributed by atoms with Crippen LogP contribution in [0.2, 0.25) is 0 Å². The predicted octanol–water partition coefficient (Wildman–Crippen LogP) is -1.50. The van der Waals surface area contributed by atoms with Crippen molar-refractivity contribution < 1.29 is 51.4 Å². The second kappa shape index (κ2) is 10.1. The smallest absolute Gasteiger partial charge is 0.551 e. The van der Waals surface area contributed by atoms with Gasteiger partial charge in [-0.15, -0.1) is 0 Å². The van der Waals surface area contributed by atoms with Crippen LogP contribution in [0.3, 0.4) is 0 Å². The molecule has 0 amide bonds. The zero-order valence-corrected chi connectivity index (χ0v) is 10.3. The van der Waals surface area contributed by atoms with E-state index in [0.717, 1.165) is 18.9 Å². The Hall–Kier alpha value is 1.11. The van der Waals surface area contributed by atoms with Crippen molar-refractivity contribution in [2.75, 3.05) is 6.54 Å². The molecule has 0 bridgehead atoms. The molecule has 0 atom stereocenters. The Bertz CT molecular complexity index is 74.0. The van der Waals surface area contributed by atoms with Crippen LogP contribution in [0.5, 0.6) is 0 Å². The van der Waals surface area contributed by atoms with E-state index in [1.807, 2.05) is 0 Å². The minimum absolute atomic E-state index is 0. The number of rotatable bonds is 5. The molecule has 2 N–H and O–H groups in total.